The van der Waals surface area contributed by atoms with Gasteiger partial charge in [0.1, 0.15) is 17.3 Å². The van der Waals surface area contributed by atoms with Crippen LogP contribution in [0.1, 0.15) is 18.1 Å². The van der Waals surface area contributed by atoms with E-state index in [1.165, 1.54) is 23.5 Å². The van der Waals surface area contributed by atoms with Gasteiger partial charge < -0.3 is 20.1 Å². The quantitative estimate of drug-likeness (QED) is 0.349. The number of benzene rings is 3. The number of aliphatic hydroxyl groups excluding tert-OH is 1. The number of nitriles is 1. The third kappa shape index (κ3) is 5.61. The van der Waals surface area contributed by atoms with Gasteiger partial charge in [-0.15, -0.1) is 0 Å². The molecule has 2 N–H and O–H groups in total. The van der Waals surface area contributed by atoms with Gasteiger partial charge in [0.05, 0.1) is 46.9 Å². The van der Waals surface area contributed by atoms with Crippen molar-refractivity contribution in [2.45, 2.75) is 18.4 Å². The number of aliphatic hydroxyl groups is 1. The van der Waals surface area contributed by atoms with Crippen molar-refractivity contribution >= 4 is 51.7 Å². The van der Waals surface area contributed by atoms with Crippen molar-refractivity contribution in [3.8, 4) is 11.8 Å². The molecule has 198 valence electrons. The van der Waals surface area contributed by atoms with Crippen LogP contribution in [0.5, 0.6) is 5.75 Å². The molecule has 3 aromatic carbocycles. The number of nitrogens with zero attached hydrogens (tertiary/aromatic N) is 4. The minimum atomic E-state index is -0.122. The molecule has 1 saturated heterocycles. The van der Waals surface area contributed by atoms with Crippen molar-refractivity contribution in [1.29, 1.82) is 5.26 Å². The highest BCUT2D eigenvalue weighted by atomic mass is 32.2. The molecule has 0 spiro atoms. The largest absolute Gasteiger partial charge is 0.491 e. The average Bonchev–Trinajstić information content (AvgIpc) is 3.44. The predicted molar refractivity (Wildman–Crippen MR) is 157 cm³/mol. The van der Waals surface area contributed by atoms with E-state index >= 15 is 0 Å². The van der Waals surface area contributed by atoms with E-state index in [2.05, 4.69) is 11.4 Å². The summed E-state index contributed by atoms with van der Waals surface area (Å²) in [6.45, 7) is 3.23. The SMILES string of the molecule is CCNc1ccc(C#N)cc1N=C1S/C(=C2\Sc3cc(OCCO)ccc3N2C)C(=O)N1Cc1ccccc1. The van der Waals surface area contributed by atoms with Crippen molar-refractivity contribution in [2.75, 3.05) is 37.0 Å². The molecule has 0 saturated carbocycles. The third-order valence-corrected chi connectivity index (χ3v) is 8.53. The number of ether oxygens (including phenoxy) is 1. The van der Waals surface area contributed by atoms with Crippen LogP contribution in [0.25, 0.3) is 0 Å². The van der Waals surface area contributed by atoms with E-state index in [1.807, 2.05) is 73.5 Å². The Labute approximate surface area is 236 Å². The topological polar surface area (TPSA) is 101 Å². The van der Waals surface area contributed by atoms with Gasteiger partial charge in [-0.3, -0.25) is 9.69 Å². The van der Waals surface area contributed by atoms with Crippen molar-refractivity contribution in [3.63, 3.8) is 0 Å². The van der Waals surface area contributed by atoms with Crippen molar-refractivity contribution in [1.82, 2.24) is 4.90 Å². The van der Waals surface area contributed by atoms with E-state index in [1.54, 1.807) is 17.0 Å². The van der Waals surface area contributed by atoms with E-state index in [9.17, 15) is 10.1 Å². The Morgan fingerprint density at radius 2 is 1.92 bits per heavy atom. The van der Waals surface area contributed by atoms with Crippen LogP contribution in [0.4, 0.5) is 17.1 Å². The standard InChI is InChI=1S/C29H27N5O3S2/c1-3-31-22-11-9-20(17-30)15-23(22)32-29-34(18-19-7-5-4-6-8-19)27(36)26(39-29)28-33(2)24-12-10-21(37-14-13-35)16-25(24)38-28/h4-12,15-16,31,35H,3,13-14,18H2,1-2H3/b28-26-,32-29?. The Morgan fingerprint density at radius 3 is 2.67 bits per heavy atom. The molecular formula is C29H27N5O3S2. The van der Waals surface area contributed by atoms with Crippen LogP contribution in [0.15, 0.2) is 86.6 Å². The summed E-state index contributed by atoms with van der Waals surface area (Å²) in [6.07, 6.45) is 0. The molecule has 0 aliphatic carbocycles. The van der Waals surface area contributed by atoms with Crippen LogP contribution >= 0.6 is 23.5 Å². The second-order valence-electron chi connectivity index (χ2n) is 8.74. The summed E-state index contributed by atoms with van der Waals surface area (Å²) in [4.78, 5) is 24.1. The highest BCUT2D eigenvalue weighted by Gasteiger charge is 2.39. The van der Waals surface area contributed by atoms with Gasteiger partial charge in [0, 0.05) is 18.5 Å². The smallest absolute Gasteiger partial charge is 0.269 e. The Kier molecular flexibility index (Phi) is 8.12. The molecule has 3 aromatic rings. The number of carbonyl (C=O) groups excluding carboxylic acids is 1. The first-order chi connectivity index (χ1) is 19.0. The van der Waals surface area contributed by atoms with Gasteiger partial charge in [0.25, 0.3) is 5.91 Å². The van der Waals surface area contributed by atoms with Crippen molar-refractivity contribution in [3.05, 3.63) is 87.8 Å². The number of hydrogen-bond donors (Lipinski definition) is 2. The lowest BCUT2D eigenvalue weighted by Crippen LogP contribution is -2.29. The third-order valence-electron chi connectivity index (χ3n) is 6.12. The molecule has 5 rings (SSSR count). The summed E-state index contributed by atoms with van der Waals surface area (Å²) in [5.74, 6) is 0.546. The number of carbonyl (C=O) groups is 1. The molecule has 0 radical (unpaired) electrons. The summed E-state index contributed by atoms with van der Waals surface area (Å²) in [6, 6.07) is 23.1. The number of fused-ring (bicyclic) bond motifs is 1. The molecule has 1 amide bonds. The molecule has 2 aliphatic rings. The zero-order valence-electron chi connectivity index (χ0n) is 21.5. The van der Waals surface area contributed by atoms with Crippen LogP contribution in [-0.4, -0.2) is 47.9 Å². The van der Waals surface area contributed by atoms with Gasteiger partial charge in [-0.1, -0.05) is 42.1 Å². The minimum Gasteiger partial charge on any atom is -0.491 e. The maximum absolute atomic E-state index is 13.9. The Bertz CT molecular complexity index is 1500. The summed E-state index contributed by atoms with van der Waals surface area (Å²) in [5, 5.41) is 23.2. The van der Waals surface area contributed by atoms with E-state index in [0.29, 0.717) is 40.2 Å². The molecule has 0 unspecified atom stereocenters. The molecule has 8 nitrogen and oxygen atoms in total. The second kappa shape index (κ2) is 11.9. The lowest BCUT2D eigenvalue weighted by Gasteiger charge is -2.17. The van der Waals surface area contributed by atoms with Crippen LogP contribution < -0.4 is 15.0 Å². The van der Waals surface area contributed by atoms with E-state index in [4.69, 9.17) is 14.8 Å². The Hall–Kier alpha value is -3.91. The first-order valence-corrected chi connectivity index (χ1v) is 14.1. The monoisotopic (exact) mass is 557 g/mol. The van der Waals surface area contributed by atoms with Crippen LogP contribution in [0.2, 0.25) is 0 Å². The highest BCUT2D eigenvalue weighted by molar-refractivity contribution is 8.19. The van der Waals surface area contributed by atoms with Gasteiger partial charge in [0.15, 0.2) is 5.17 Å². The molecule has 0 aromatic heterocycles. The number of aliphatic imine (C=N–C) groups is 1. The molecule has 1 fully saturated rings. The van der Waals surface area contributed by atoms with Gasteiger partial charge in [-0.05, 0) is 60.6 Å². The summed E-state index contributed by atoms with van der Waals surface area (Å²) in [5.41, 5.74) is 3.87. The second-order valence-corrected chi connectivity index (χ2v) is 10.8. The number of rotatable bonds is 8. The summed E-state index contributed by atoms with van der Waals surface area (Å²) in [7, 11) is 1.94. The molecular weight excluding hydrogens is 530 g/mol. The number of anilines is 2. The first kappa shape index (κ1) is 26.7. The molecule has 0 bridgehead atoms. The number of amidine groups is 1. The summed E-state index contributed by atoms with van der Waals surface area (Å²) >= 11 is 2.85. The fourth-order valence-corrected chi connectivity index (χ4v) is 6.61. The molecule has 10 heteroatoms. The first-order valence-electron chi connectivity index (χ1n) is 12.5. The van der Waals surface area contributed by atoms with Crippen LogP contribution in [0.3, 0.4) is 0 Å². The van der Waals surface area contributed by atoms with E-state index in [0.717, 1.165) is 26.9 Å². The molecule has 0 atom stereocenters. The van der Waals surface area contributed by atoms with Crippen LogP contribution in [0, 0.1) is 11.3 Å². The van der Waals surface area contributed by atoms with Crippen LogP contribution in [-0.2, 0) is 11.3 Å². The number of thioether (sulfide) groups is 2. The molecule has 2 heterocycles. The van der Waals surface area contributed by atoms with E-state index < -0.39 is 0 Å². The van der Waals surface area contributed by atoms with Crippen molar-refractivity contribution in [2.24, 2.45) is 4.99 Å². The molecule has 39 heavy (non-hydrogen) atoms. The predicted octanol–water partition coefficient (Wildman–Crippen LogP) is 5.54. The summed E-state index contributed by atoms with van der Waals surface area (Å²) < 4.78 is 5.59. The normalized spacial score (nSPS) is 17.5. The maximum Gasteiger partial charge on any atom is 0.269 e. The van der Waals surface area contributed by atoms with E-state index in [-0.39, 0.29) is 19.1 Å². The van der Waals surface area contributed by atoms with Gasteiger partial charge >= 0.3 is 0 Å². The Morgan fingerprint density at radius 1 is 1.10 bits per heavy atom. The fraction of sp³-hybridized carbons (Fsp3) is 0.207. The van der Waals surface area contributed by atoms with Crippen molar-refractivity contribution < 1.29 is 14.6 Å². The number of hydrogen-bond acceptors (Lipinski definition) is 9. The zero-order chi connectivity index (χ0) is 27.4. The van der Waals surface area contributed by atoms with Gasteiger partial charge in [-0.25, -0.2) is 4.99 Å². The average molecular weight is 558 g/mol. The highest BCUT2D eigenvalue weighted by Crippen LogP contribution is 2.51. The molecule has 2 aliphatic heterocycles. The number of nitrogens with one attached hydrogen (secondary N) is 1. The zero-order valence-corrected chi connectivity index (χ0v) is 23.2. The number of amides is 1. The fourth-order valence-electron chi connectivity index (χ4n) is 4.25. The van der Waals surface area contributed by atoms with Gasteiger partial charge in [-0.2, -0.15) is 5.26 Å². The lowest BCUT2D eigenvalue weighted by atomic mass is 10.2. The lowest BCUT2D eigenvalue weighted by molar-refractivity contribution is -0.122. The van der Waals surface area contributed by atoms with Gasteiger partial charge in [0.2, 0.25) is 0 Å². The Balaban J connectivity index is 1.55. The minimum absolute atomic E-state index is 0.0588. The maximum atomic E-state index is 13.9.